The van der Waals surface area contributed by atoms with Crippen LogP contribution in [0.1, 0.15) is 63.8 Å². The number of piperidine rings is 1. The summed E-state index contributed by atoms with van der Waals surface area (Å²) in [4.78, 5) is 7.27. The molecule has 1 fully saturated rings. The Balaban J connectivity index is 1.73. The molecule has 0 spiro atoms. The Kier molecular flexibility index (Phi) is 7.98. The van der Waals surface area contributed by atoms with E-state index in [1.807, 2.05) is 24.4 Å². The van der Waals surface area contributed by atoms with Crippen LogP contribution in [-0.4, -0.2) is 29.0 Å². The van der Waals surface area contributed by atoms with E-state index in [9.17, 15) is 0 Å². The van der Waals surface area contributed by atoms with Gasteiger partial charge in [0.1, 0.15) is 0 Å². The Bertz CT molecular complexity index is 773. The third-order valence-electron chi connectivity index (χ3n) is 5.55. The summed E-state index contributed by atoms with van der Waals surface area (Å²) in [6.07, 6.45) is 6.73. The number of hydrogen-bond acceptors (Lipinski definition) is 3. The van der Waals surface area contributed by atoms with Gasteiger partial charge in [-0.25, -0.2) is 0 Å². The summed E-state index contributed by atoms with van der Waals surface area (Å²) in [5.41, 5.74) is 2.60. The van der Waals surface area contributed by atoms with E-state index in [0.717, 1.165) is 31.7 Å². The molecule has 29 heavy (non-hydrogen) atoms. The van der Waals surface area contributed by atoms with E-state index in [1.165, 1.54) is 24.8 Å². The summed E-state index contributed by atoms with van der Waals surface area (Å²) in [5, 5.41) is 5.05. The van der Waals surface area contributed by atoms with Crippen LogP contribution in [0.4, 0.5) is 0 Å². The Morgan fingerprint density at radius 2 is 1.97 bits per heavy atom. The number of likely N-dealkylation sites (tertiary alicyclic amines) is 1. The highest BCUT2D eigenvalue weighted by molar-refractivity contribution is 6.42. The van der Waals surface area contributed by atoms with Gasteiger partial charge in [0.2, 0.25) is 0 Å². The molecule has 0 bridgehead atoms. The van der Waals surface area contributed by atoms with Gasteiger partial charge in [-0.2, -0.15) is 0 Å². The lowest BCUT2D eigenvalue weighted by atomic mass is 9.92. The number of nitrogens with zero attached hydrogens (tertiary/aromatic N) is 2. The molecule has 0 aliphatic carbocycles. The van der Waals surface area contributed by atoms with Crippen molar-refractivity contribution < 1.29 is 0 Å². The van der Waals surface area contributed by atoms with E-state index >= 15 is 0 Å². The quantitative estimate of drug-likeness (QED) is 0.538. The van der Waals surface area contributed by atoms with Crippen molar-refractivity contribution in [2.24, 2.45) is 5.41 Å². The second-order valence-corrected chi connectivity index (χ2v) is 10.2. The summed E-state index contributed by atoms with van der Waals surface area (Å²) in [6, 6.07) is 13.0. The molecule has 0 saturated carbocycles. The molecule has 2 atom stereocenters. The number of rotatable bonds is 7. The summed E-state index contributed by atoms with van der Waals surface area (Å²) < 4.78 is 0. The summed E-state index contributed by atoms with van der Waals surface area (Å²) in [7, 11) is 0. The van der Waals surface area contributed by atoms with Crippen LogP contribution in [0.3, 0.4) is 0 Å². The average Bonchev–Trinajstić information content (AvgIpc) is 2.69. The zero-order valence-corrected chi connectivity index (χ0v) is 19.3. The number of hydrogen-bond donors (Lipinski definition) is 1. The zero-order valence-electron chi connectivity index (χ0n) is 17.8. The fourth-order valence-corrected chi connectivity index (χ4v) is 4.32. The van der Waals surface area contributed by atoms with Gasteiger partial charge < -0.3 is 5.32 Å². The Labute approximate surface area is 185 Å². The second-order valence-electron chi connectivity index (χ2n) is 9.35. The normalized spacial score (nSPS) is 19.3. The first-order valence-electron chi connectivity index (χ1n) is 10.6. The van der Waals surface area contributed by atoms with Crippen LogP contribution < -0.4 is 5.32 Å². The fourth-order valence-electron chi connectivity index (χ4n) is 4.00. The van der Waals surface area contributed by atoms with Gasteiger partial charge in [0.25, 0.3) is 0 Å². The van der Waals surface area contributed by atoms with Crippen molar-refractivity contribution in [2.75, 3.05) is 13.1 Å². The predicted octanol–water partition coefficient (Wildman–Crippen LogP) is 6.51. The number of benzene rings is 1. The lowest BCUT2D eigenvalue weighted by molar-refractivity contribution is 0.120. The highest BCUT2D eigenvalue weighted by Crippen LogP contribution is 2.30. The molecule has 1 aromatic carbocycles. The summed E-state index contributed by atoms with van der Waals surface area (Å²) >= 11 is 12.3. The maximum Gasteiger partial charge on any atom is 0.0595 e. The van der Waals surface area contributed by atoms with Crippen molar-refractivity contribution in [3.8, 4) is 0 Å². The van der Waals surface area contributed by atoms with Crippen molar-refractivity contribution >= 4 is 23.2 Å². The molecule has 1 saturated heterocycles. The fraction of sp³-hybridized carbons (Fsp3) is 0.542. The molecule has 0 radical (unpaired) electrons. The maximum absolute atomic E-state index is 6.25. The van der Waals surface area contributed by atoms with E-state index in [-0.39, 0.29) is 11.5 Å². The monoisotopic (exact) mass is 433 g/mol. The molecule has 1 aliphatic rings. The van der Waals surface area contributed by atoms with Gasteiger partial charge in [-0.1, -0.05) is 62.5 Å². The molecule has 2 aromatic rings. The zero-order chi connectivity index (χ0) is 20.9. The first-order valence-corrected chi connectivity index (χ1v) is 11.4. The van der Waals surface area contributed by atoms with Crippen molar-refractivity contribution in [1.82, 2.24) is 15.2 Å². The van der Waals surface area contributed by atoms with Gasteiger partial charge in [-0.05, 0) is 61.1 Å². The second kappa shape index (κ2) is 10.3. The lowest BCUT2D eigenvalue weighted by Crippen LogP contribution is -2.42. The SMILES string of the molecule is CC(C)(C)CNC(CC1CCCCN1Cc1ccc(Cl)c(Cl)c1)c1ccccn1. The minimum atomic E-state index is 0.235. The molecule has 0 amide bonds. The van der Waals surface area contributed by atoms with E-state index in [2.05, 4.69) is 54.2 Å². The molecule has 2 unspecified atom stereocenters. The topological polar surface area (TPSA) is 28.2 Å². The third kappa shape index (κ3) is 6.96. The van der Waals surface area contributed by atoms with Crippen molar-refractivity contribution in [3.63, 3.8) is 0 Å². The highest BCUT2D eigenvalue weighted by atomic mass is 35.5. The summed E-state index contributed by atoms with van der Waals surface area (Å²) in [5.74, 6) is 0. The largest absolute Gasteiger partial charge is 0.308 e. The number of nitrogens with one attached hydrogen (secondary N) is 1. The predicted molar refractivity (Wildman–Crippen MR) is 124 cm³/mol. The van der Waals surface area contributed by atoms with E-state index in [4.69, 9.17) is 23.2 Å². The van der Waals surface area contributed by atoms with Gasteiger partial charge >= 0.3 is 0 Å². The first kappa shape index (κ1) is 22.6. The molecule has 1 N–H and O–H groups in total. The van der Waals surface area contributed by atoms with Crippen LogP contribution in [0.2, 0.25) is 10.0 Å². The third-order valence-corrected chi connectivity index (χ3v) is 6.29. The van der Waals surface area contributed by atoms with Gasteiger partial charge in [-0.15, -0.1) is 0 Å². The molecular weight excluding hydrogens is 401 g/mol. The molecule has 1 aromatic heterocycles. The molecule has 5 heteroatoms. The Morgan fingerprint density at radius 1 is 1.14 bits per heavy atom. The number of pyridine rings is 1. The minimum absolute atomic E-state index is 0.235. The highest BCUT2D eigenvalue weighted by Gasteiger charge is 2.27. The van der Waals surface area contributed by atoms with E-state index in [0.29, 0.717) is 16.1 Å². The number of aromatic nitrogens is 1. The molecule has 3 nitrogen and oxygen atoms in total. The average molecular weight is 434 g/mol. The van der Waals surface area contributed by atoms with Crippen molar-refractivity contribution in [2.45, 2.75) is 65.1 Å². The molecule has 2 heterocycles. The van der Waals surface area contributed by atoms with Crippen LogP contribution in [0.5, 0.6) is 0 Å². The van der Waals surface area contributed by atoms with Crippen molar-refractivity contribution in [1.29, 1.82) is 0 Å². The number of halogens is 2. The van der Waals surface area contributed by atoms with Crippen LogP contribution in [-0.2, 0) is 6.54 Å². The summed E-state index contributed by atoms with van der Waals surface area (Å²) in [6.45, 7) is 9.81. The van der Waals surface area contributed by atoms with Gasteiger partial charge in [0.15, 0.2) is 0 Å². The van der Waals surface area contributed by atoms with Gasteiger partial charge in [-0.3, -0.25) is 9.88 Å². The van der Waals surface area contributed by atoms with Crippen LogP contribution in [0.15, 0.2) is 42.6 Å². The van der Waals surface area contributed by atoms with E-state index < -0.39 is 0 Å². The van der Waals surface area contributed by atoms with Gasteiger partial charge in [0, 0.05) is 25.3 Å². The minimum Gasteiger partial charge on any atom is -0.308 e. The Morgan fingerprint density at radius 3 is 2.66 bits per heavy atom. The van der Waals surface area contributed by atoms with Crippen LogP contribution in [0, 0.1) is 5.41 Å². The lowest BCUT2D eigenvalue weighted by Gasteiger charge is -2.38. The smallest absolute Gasteiger partial charge is 0.0595 e. The van der Waals surface area contributed by atoms with Crippen molar-refractivity contribution in [3.05, 3.63) is 63.9 Å². The van der Waals surface area contributed by atoms with Crippen LogP contribution >= 0.6 is 23.2 Å². The van der Waals surface area contributed by atoms with E-state index in [1.54, 1.807) is 0 Å². The molecular formula is C24H33Cl2N3. The maximum atomic E-state index is 6.25. The molecule has 158 valence electrons. The van der Waals surface area contributed by atoms with Gasteiger partial charge in [0.05, 0.1) is 21.8 Å². The standard InChI is InChI=1S/C24H33Cl2N3/c1-24(2,3)17-28-23(22-9-4-6-12-27-22)15-19-8-5-7-13-29(19)16-18-10-11-20(25)21(26)14-18/h4,6,9-12,14,19,23,28H,5,7-8,13,15-17H2,1-3H3. The van der Waals surface area contributed by atoms with Crippen LogP contribution in [0.25, 0.3) is 0 Å². The molecule has 1 aliphatic heterocycles. The Hall–Kier alpha value is -1.13. The first-order chi connectivity index (χ1) is 13.8. The molecule has 3 rings (SSSR count).